The number of nitrogens with zero attached hydrogens (tertiary/aromatic N) is 1. The van der Waals surface area contributed by atoms with Crippen LogP contribution in [0, 0.1) is 0 Å². The summed E-state index contributed by atoms with van der Waals surface area (Å²) in [6, 6.07) is 5.32. The Hall–Kier alpha value is -1.07. The SMILES string of the molecule is COc1ccc(C(=O)N2CCC(O)CC2)c(Br)c1. The van der Waals surface area contributed by atoms with E-state index in [1.54, 1.807) is 30.2 Å². The van der Waals surface area contributed by atoms with Gasteiger partial charge in [-0.2, -0.15) is 0 Å². The van der Waals surface area contributed by atoms with E-state index >= 15 is 0 Å². The summed E-state index contributed by atoms with van der Waals surface area (Å²) in [4.78, 5) is 14.1. The van der Waals surface area contributed by atoms with Crippen molar-refractivity contribution in [2.75, 3.05) is 20.2 Å². The topological polar surface area (TPSA) is 49.8 Å². The van der Waals surface area contributed by atoms with Gasteiger partial charge in [-0.15, -0.1) is 0 Å². The van der Waals surface area contributed by atoms with E-state index in [1.165, 1.54) is 0 Å². The normalized spacial score (nSPS) is 16.7. The van der Waals surface area contributed by atoms with Crippen LogP contribution >= 0.6 is 15.9 Å². The van der Waals surface area contributed by atoms with Crippen molar-refractivity contribution in [1.29, 1.82) is 0 Å². The van der Waals surface area contributed by atoms with Crippen molar-refractivity contribution >= 4 is 21.8 Å². The van der Waals surface area contributed by atoms with E-state index in [2.05, 4.69) is 15.9 Å². The maximum Gasteiger partial charge on any atom is 0.255 e. The van der Waals surface area contributed by atoms with Gasteiger partial charge in [0, 0.05) is 17.6 Å². The molecule has 1 aromatic rings. The van der Waals surface area contributed by atoms with E-state index in [9.17, 15) is 9.90 Å². The monoisotopic (exact) mass is 313 g/mol. The minimum absolute atomic E-state index is 0.00331. The molecule has 0 radical (unpaired) electrons. The number of methoxy groups -OCH3 is 1. The van der Waals surface area contributed by atoms with Crippen LogP contribution in [0.3, 0.4) is 0 Å². The highest BCUT2D eigenvalue weighted by Crippen LogP contribution is 2.25. The van der Waals surface area contributed by atoms with Gasteiger partial charge in [-0.3, -0.25) is 4.79 Å². The van der Waals surface area contributed by atoms with Crippen molar-refractivity contribution in [2.24, 2.45) is 0 Å². The summed E-state index contributed by atoms with van der Waals surface area (Å²) < 4.78 is 5.84. The minimum atomic E-state index is -0.270. The van der Waals surface area contributed by atoms with Crippen molar-refractivity contribution in [3.05, 3.63) is 28.2 Å². The molecule has 2 rings (SSSR count). The van der Waals surface area contributed by atoms with Crippen LogP contribution in [-0.2, 0) is 0 Å². The van der Waals surface area contributed by atoms with Crippen molar-refractivity contribution in [1.82, 2.24) is 4.90 Å². The van der Waals surface area contributed by atoms with E-state index in [-0.39, 0.29) is 12.0 Å². The van der Waals surface area contributed by atoms with Crippen LogP contribution in [0.5, 0.6) is 5.75 Å². The largest absolute Gasteiger partial charge is 0.497 e. The lowest BCUT2D eigenvalue weighted by Crippen LogP contribution is -2.40. The lowest BCUT2D eigenvalue weighted by Gasteiger charge is -2.29. The fourth-order valence-electron chi connectivity index (χ4n) is 2.04. The van der Waals surface area contributed by atoms with Gasteiger partial charge in [-0.25, -0.2) is 0 Å². The number of benzene rings is 1. The number of rotatable bonds is 2. The molecule has 0 atom stereocenters. The maximum absolute atomic E-state index is 12.3. The highest BCUT2D eigenvalue weighted by atomic mass is 79.9. The number of carbonyl (C=O) groups is 1. The first-order chi connectivity index (χ1) is 8.61. The third kappa shape index (κ3) is 2.84. The molecule has 0 saturated carbocycles. The summed E-state index contributed by atoms with van der Waals surface area (Å²) >= 11 is 3.39. The number of hydrogen-bond acceptors (Lipinski definition) is 3. The molecule has 1 fully saturated rings. The molecular formula is C13H16BrNO3. The lowest BCUT2D eigenvalue weighted by atomic mass is 10.1. The summed E-state index contributed by atoms with van der Waals surface area (Å²) in [6.07, 6.45) is 1.03. The Morgan fingerprint density at radius 1 is 1.44 bits per heavy atom. The molecule has 1 aliphatic heterocycles. The first kappa shape index (κ1) is 13.4. The number of hydrogen-bond donors (Lipinski definition) is 1. The Bertz CT molecular complexity index is 442. The van der Waals surface area contributed by atoms with Gasteiger partial charge in [0.15, 0.2) is 0 Å². The van der Waals surface area contributed by atoms with Crippen LogP contribution in [0.15, 0.2) is 22.7 Å². The zero-order valence-corrected chi connectivity index (χ0v) is 11.8. The predicted octanol–water partition coefficient (Wildman–Crippen LogP) is 2.05. The molecule has 1 saturated heterocycles. The van der Waals surface area contributed by atoms with Crippen molar-refractivity contribution in [2.45, 2.75) is 18.9 Å². The van der Waals surface area contributed by atoms with E-state index in [0.717, 1.165) is 4.47 Å². The van der Waals surface area contributed by atoms with Crippen LogP contribution in [0.25, 0.3) is 0 Å². The van der Waals surface area contributed by atoms with Gasteiger partial charge in [0.25, 0.3) is 5.91 Å². The van der Waals surface area contributed by atoms with Crippen LogP contribution in [0.4, 0.5) is 0 Å². The van der Waals surface area contributed by atoms with Gasteiger partial charge in [0.1, 0.15) is 5.75 Å². The molecule has 1 aromatic carbocycles. The predicted molar refractivity (Wildman–Crippen MR) is 71.8 cm³/mol. The molecule has 0 spiro atoms. The number of amides is 1. The van der Waals surface area contributed by atoms with E-state index in [4.69, 9.17) is 4.74 Å². The minimum Gasteiger partial charge on any atom is -0.497 e. The van der Waals surface area contributed by atoms with Gasteiger partial charge >= 0.3 is 0 Å². The number of aliphatic hydroxyl groups is 1. The first-order valence-corrected chi connectivity index (χ1v) is 6.72. The molecule has 0 unspecified atom stereocenters. The van der Waals surface area contributed by atoms with Crippen LogP contribution in [-0.4, -0.2) is 42.2 Å². The lowest BCUT2D eigenvalue weighted by molar-refractivity contribution is 0.0546. The average molecular weight is 314 g/mol. The van der Waals surface area contributed by atoms with E-state index in [1.807, 2.05) is 0 Å². The van der Waals surface area contributed by atoms with Gasteiger partial charge in [-0.1, -0.05) is 0 Å². The molecule has 4 nitrogen and oxygen atoms in total. The third-order valence-electron chi connectivity index (χ3n) is 3.16. The molecule has 1 N–H and O–H groups in total. The van der Waals surface area contributed by atoms with Crippen LogP contribution < -0.4 is 4.74 Å². The Labute approximate surface area is 115 Å². The Morgan fingerprint density at radius 3 is 2.67 bits per heavy atom. The standard InChI is InChI=1S/C13H16BrNO3/c1-18-10-2-3-11(12(14)8-10)13(17)15-6-4-9(16)5-7-15/h2-3,8-9,16H,4-7H2,1H3. The summed E-state index contributed by atoms with van der Waals surface area (Å²) in [5.74, 6) is 0.712. The van der Waals surface area contributed by atoms with Crippen molar-refractivity contribution in [3.63, 3.8) is 0 Å². The molecule has 1 aliphatic rings. The van der Waals surface area contributed by atoms with Crippen molar-refractivity contribution < 1.29 is 14.6 Å². The van der Waals surface area contributed by atoms with Crippen LogP contribution in [0.1, 0.15) is 23.2 Å². The van der Waals surface area contributed by atoms with Gasteiger partial charge in [0.05, 0.1) is 18.8 Å². The maximum atomic E-state index is 12.3. The number of ether oxygens (including phenoxy) is 1. The molecule has 98 valence electrons. The number of carbonyl (C=O) groups excluding carboxylic acids is 1. The second-order valence-corrected chi connectivity index (χ2v) is 5.22. The summed E-state index contributed by atoms with van der Waals surface area (Å²) in [7, 11) is 1.59. The number of halogens is 1. The van der Waals surface area contributed by atoms with Gasteiger partial charge in [-0.05, 0) is 47.0 Å². The highest BCUT2D eigenvalue weighted by molar-refractivity contribution is 9.10. The fourth-order valence-corrected chi connectivity index (χ4v) is 2.56. The number of piperidine rings is 1. The Balaban J connectivity index is 2.13. The quantitative estimate of drug-likeness (QED) is 0.909. The zero-order chi connectivity index (χ0) is 13.1. The zero-order valence-electron chi connectivity index (χ0n) is 10.2. The fraction of sp³-hybridized carbons (Fsp3) is 0.462. The number of likely N-dealkylation sites (tertiary alicyclic amines) is 1. The third-order valence-corrected chi connectivity index (χ3v) is 3.81. The summed E-state index contributed by atoms with van der Waals surface area (Å²) in [6.45, 7) is 1.22. The smallest absolute Gasteiger partial charge is 0.255 e. The molecule has 0 bridgehead atoms. The molecule has 18 heavy (non-hydrogen) atoms. The van der Waals surface area contributed by atoms with E-state index in [0.29, 0.717) is 37.2 Å². The second-order valence-electron chi connectivity index (χ2n) is 4.37. The van der Waals surface area contributed by atoms with Crippen molar-refractivity contribution in [3.8, 4) is 5.75 Å². The molecule has 5 heteroatoms. The van der Waals surface area contributed by atoms with Gasteiger partial charge in [0.2, 0.25) is 0 Å². The summed E-state index contributed by atoms with van der Waals surface area (Å²) in [5.41, 5.74) is 0.632. The molecule has 1 amide bonds. The average Bonchev–Trinajstić information content (AvgIpc) is 2.38. The van der Waals surface area contributed by atoms with Gasteiger partial charge < -0.3 is 14.7 Å². The summed E-state index contributed by atoms with van der Waals surface area (Å²) in [5, 5.41) is 9.44. The first-order valence-electron chi connectivity index (χ1n) is 5.92. The number of aliphatic hydroxyl groups excluding tert-OH is 1. The highest BCUT2D eigenvalue weighted by Gasteiger charge is 2.23. The Kier molecular flexibility index (Phi) is 4.24. The molecule has 1 heterocycles. The van der Waals surface area contributed by atoms with E-state index < -0.39 is 0 Å². The molecule has 0 aliphatic carbocycles. The second kappa shape index (κ2) is 5.71. The van der Waals surface area contributed by atoms with Crippen LogP contribution in [0.2, 0.25) is 0 Å². The molecular weight excluding hydrogens is 298 g/mol. The Morgan fingerprint density at radius 2 is 2.11 bits per heavy atom. The molecule has 0 aromatic heterocycles.